The molecule has 0 amide bonds. The van der Waals surface area contributed by atoms with Crippen molar-refractivity contribution in [1.82, 2.24) is 0 Å². The first kappa shape index (κ1) is 16.9. The fourth-order valence-corrected chi connectivity index (χ4v) is 2.13. The van der Waals surface area contributed by atoms with E-state index >= 15 is 0 Å². The van der Waals surface area contributed by atoms with Gasteiger partial charge in [-0.3, -0.25) is 0 Å². The lowest BCUT2D eigenvalue weighted by molar-refractivity contribution is -0.0828. The molecular weight excluding hydrogens is 322 g/mol. The van der Waals surface area contributed by atoms with Crippen molar-refractivity contribution in [2.24, 2.45) is 0 Å². The molecule has 1 nitrogen and oxygen atoms in total. The van der Waals surface area contributed by atoms with Crippen LogP contribution in [-0.2, 0) is 0 Å². The quantitative estimate of drug-likeness (QED) is 0.574. The predicted octanol–water partition coefficient (Wildman–Crippen LogP) is 5.43. The van der Waals surface area contributed by atoms with Crippen LogP contribution in [0.2, 0.25) is 0 Å². The van der Waals surface area contributed by atoms with Crippen molar-refractivity contribution in [3.63, 3.8) is 0 Å². The Kier molecular flexibility index (Phi) is 4.40. The van der Waals surface area contributed by atoms with E-state index in [1.54, 1.807) is 0 Å². The van der Waals surface area contributed by atoms with Crippen LogP contribution in [0.1, 0.15) is 11.1 Å². The highest BCUT2D eigenvalue weighted by Crippen LogP contribution is 2.46. The first-order chi connectivity index (χ1) is 10.6. The summed E-state index contributed by atoms with van der Waals surface area (Å²) < 4.78 is 80.1. The molecule has 0 saturated carbocycles. The van der Waals surface area contributed by atoms with Gasteiger partial charge in [-0.15, -0.1) is 0 Å². The number of rotatable bonds is 2. The van der Waals surface area contributed by atoms with E-state index in [9.17, 15) is 26.3 Å². The van der Waals surface area contributed by atoms with Gasteiger partial charge in [0.05, 0.1) is 11.1 Å². The van der Waals surface area contributed by atoms with Gasteiger partial charge in [0.15, 0.2) is 0 Å². The summed E-state index contributed by atoms with van der Waals surface area (Å²) >= 11 is 0. The van der Waals surface area contributed by atoms with Crippen LogP contribution >= 0.6 is 0 Å². The summed E-state index contributed by atoms with van der Waals surface area (Å²) in [5.41, 5.74) is -4.82. The van der Waals surface area contributed by atoms with Crippen molar-refractivity contribution < 1.29 is 31.4 Å². The van der Waals surface area contributed by atoms with E-state index in [0.29, 0.717) is 0 Å². The molecule has 2 rings (SSSR count). The summed E-state index contributed by atoms with van der Waals surface area (Å²) in [6.45, 7) is 0. The average Bonchev–Trinajstić information content (AvgIpc) is 2.44. The Morgan fingerprint density at radius 3 is 1.39 bits per heavy atom. The number of phenolic OH excluding ortho intramolecular Hbond substituents is 1. The average molecular weight is 332 g/mol. The van der Waals surface area contributed by atoms with E-state index in [0.717, 1.165) is 36.4 Å². The van der Waals surface area contributed by atoms with E-state index in [1.165, 1.54) is 18.2 Å². The highest BCUT2D eigenvalue weighted by atomic mass is 19.4. The number of aromatic hydroxyl groups is 1. The molecule has 0 aliphatic heterocycles. The molecule has 0 saturated heterocycles. The zero-order valence-electron chi connectivity index (χ0n) is 11.4. The Balaban J connectivity index is 2.83. The van der Waals surface area contributed by atoms with E-state index < -0.39 is 34.6 Å². The third-order valence-corrected chi connectivity index (χ3v) is 3.04. The zero-order chi connectivity index (χ0) is 17.3. The van der Waals surface area contributed by atoms with E-state index in [4.69, 9.17) is 5.11 Å². The fourth-order valence-electron chi connectivity index (χ4n) is 2.13. The van der Waals surface area contributed by atoms with Crippen LogP contribution in [0, 0.1) is 0 Å². The lowest BCUT2D eigenvalue weighted by atomic mass is 9.93. The summed E-state index contributed by atoms with van der Waals surface area (Å²) in [4.78, 5) is 0. The number of hydrogen-bond donors (Lipinski definition) is 1. The molecule has 0 atom stereocenters. The Hall–Kier alpha value is -2.44. The third kappa shape index (κ3) is 3.85. The van der Waals surface area contributed by atoms with Gasteiger partial charge in [0.1, 0.15) is 5.75 Å². The van der Waals surface area contributed by atoms with E-state index in [-0.39, 0.29) is 5.75 Å². The molecule has 0 radical (unpaired) electrons. The molecule has 2 aromatic rings. The van der Waals surface area contributed by atoms with Crippen LogP contribution in [-0.4, -0.2) is 17.5 Å². The monoisotopic (exact) mass is 332 g/mol. The maximum absolute atomic E-state index is 13.4. The van der Waals surface area contributed by atoms with Crippen LogP contribution in [0.3, 0.4) is 0 Å². The SMILES string of the molecule is Oc1ccc(/C(=C(/c2ccccc2)C(F)(F)F)C(F)(F)F)cc1. The Morgan fingerprint density at radius 1 is 0.609 bits per heavy atom. The summed E-state index contributed by atoms with van der Waals surface area (Å²) in [6.07, 6.45) is -10.4. The van der Waals surface area contributed by atoms with Gasteiger partial charge in [0.25, 0.3) is 0 Å². The summed E-state index contributed by atoms with van der Waals surface area (Å²) in [7, 11) is 0. The van der Waals surface area contributed by atoms with Crippen LogP contribution in [0.4, 0.5) is 26.3 Å². The number of halogens is 6. The molecule has 0 bridgehead atoms. The van der Waals surface area contributed by atoms with Crippen molar-refractivity contribution in [2.75, 3.05) is 0 Å². The van der Waals surface area contributed by atoms with Crippen molar-refractivity contribution in [3.05, 3.63) is 65.7 Å². The number of alkyl halides is 6. The summed E-state index contributed by atoms with van der Waals surface area (Å²) in [5.74, 6) is -0.344. The maximum Gasteiger partial charge on any atom is 0.417 e. The van der Waals surface area contributed by atoms with E-state index in [2.05, 4.69) is 0 Å². The van der Waals surface area contributed by atoms with Gasteiger partial charge in [-0.25, -0.2) is 0 Å². The maximum atomic E-state index is 13.4. The molecule has 0 heterocycles. The zero-order valence-corrected chi connectivity index (χ0v) is 11.4. The minimum absolute atomic E-state index is 0.344. The second kappa shape index (κ2) is 5.98. The van der Waals surface area contributed by atoms with Gasteiger partial charge in [-0.05, 0) is 23.3 Å². The molecule has 0 unspecified atom stereocenters. The number of allylic oxidation sites excluding steroid dienone is 2. The molecule has 0 aromatic heterocycles. The molecule has 0 fully saturated rings. The lowest BCUT2D eigenvalue weighted by Crippen LogP contribution is -2.20. The molecule has 2 aromatic carbocycles. The van der Waals surface area contributed by atoms with Crippen LogP contribution in [0.5, 0.6) is 5.75 Å². The smallest absolute Gasteiger partial charge is 0.417 e. The van der Waals surface area contributed by atoms with Crippen molar-refractivity contribution >= 4 is 11.1 Å². The number of benzene rings is 2. The van der Waals surface area contributed by atoms with Crippen LogP contribution < -0.4 is 0 Å². The first-order valence-electron chi connectivity index (χ1n) is 6.34. The minimum atomic E-state index is -5.22. The van der Waals surface area contributed by atoms with Crippen molar-refractivity contribution in [3.8, 4) is 5.75 Å². The largest absolute Gasteiger partial charge is 0.508 e. The molecule has 23 heavy (non-hydrogen) atoms. The molecule has 1 N–H and O–H groups in total. The topological polar surface area (TPSA) is 20.2 Å². The molecule has 0 aliphatic carbocycles. The molecule has 0 aliphatic rings. The second-order valence-electron chi connectivity index (χ2n) is 4.66. The molecule has 7 heteroatoms. The van der Waals surface area contributed by atoms with Gasteiger partial charge >= 0.3 is 12.4 Å². The van der Waals surface area contributed by atoms with Gasteiger partial charge < -0.3 is 5.11 Å². The minimum Gasteiger partial charge on any atom is -0.508 e. The van der Waals surface area contributed by atoms with Crippen molar-refractivity contribution in [2.45, 2.75) is 12.4 Å². The highest BCUT2D eigenvalue weighted by molar-refractivity contribution is 5.95. The second-order valence-corrected chi connectivity index (χ2v) is 4.66. The molecular formula is C16H10F6O. The highest BCUT2D eigenvalue weighted by Gasteiger charge is 2.46. The van der Waals surface area contributed by atoms with Gasteiger partial charge in [-0.2, -0.15) is 26.3 Å². The first-order valence-corrected chi connectivity index (χ1v) is 6.34. The summed E-state index contributed by atoms with van der Waals surface area (Å²) in [5, 5.41) is 9.14. The van der Waals surface area contributed by atoms with Crippen molar-refractivity contribution in [1.29, 1.82) is 0 Å². The van der Waals surface area contributed by atoms with Crippen LogP contribution in [0.25, 0.3) is 11.1 Å². The predicted molar refractivity (Wildman–Crippen MR) is 73.5 cm³/mol. The Morgan fingerprint density at radius 2 is 1.00 bits per heavy atom. The molecule has 0 spiro atoms. The van der Waals surface area contributed by atoms with E-state index in [1.807, 2.05) is 0 Å². The number of hydrogen-bond acceptors (Lipinski definition) is 1. The van der Waals surface area contributed by atoms with Crippen LogP contribution in [0.15, 0.2) is 54.6 Å². The summed E-state index contributed by atoms with van der Waals surface area (Å²) in [6, 6.07) is 9.20. The normalized spacial score (nSPS) is 13.7. The molecule has 122 valence electrons. The van der Waals surface area contributed by atoms with Gasteiger partial charge in [0.2, 0.25) is 0 Å². The Labute approximate surface area is 127 Å². The Bertz CT molecular complexity index is 696. The third-order valence-electron chi connectivity index (χ3n) is 3.04. The van der Waals surface area contributed by atoms with Gasteiger partial charge in [-0.1, -0.05) is 42.5 Å². The standard InChI is InChI=1S/C16H10F6O/c17-15(18,19)13(10-4-2-1-3-5-10)14(16(20,21)22)11-6-8-12(23)9-7-11/h1-9,23H/b14-13+. The fraction of sp³-hybridized carbons (Fsp3) is 0.125. The lowest BCUT2D eigenvalue weighted by Gasteiger charge is -2.21. The van der Waals surface area contributed by atoms with Gasteiger partial charge in [0, 0.05) is 0 Å². The number of phenols is 1.